The summed E-state index contributed by atoms with van der Waals surface area (Å²) < 4.78 is 38.1. The van der Waals surface area contributed by atoms with Gasteiger partial charge in [-0.2, -0.15) is 0 Å². The van der Waals surface area contributed by atoms with Gasteiger partial charge in [0.25, 0.3) is 0 Å². The second-order valence-corrected chi connectivity index (χ2v) is 7.19. The highest BCUT2D eigenvalue weighted by molar-refractivity contribution is 7.89. The van der Waals surface area contributed by atoms with Crippen molar-refractivity contribution in [3.63, 3.8) is 0 Å². The van der Waals surface area contributed by atoms with Gasteiger partial charge in [-0.05, 0) is 42.7 Å². The van der Waals surface area contributed by atoms with Gasteiger partial charge in [0.15, 0.2) is 0 Å². The SMILES string of the molecule is COc1ccc(S(=O)(=O)NCCOCc2ccccc2)c(C)c1C. The average Bonchev–Trinajstić information content (AvgIpc) is 2.57. The van der Waals surface area contributed by atoms with Gasteiger partial charge in [-0.3, -0.25) is 0 Å². The minimum Gasteiger partial charge on any atom is -0.496 e. The van der Waals surface area contributed by atoms with Gasteiger partial charge in [-0.15, -0.1) is 0 Å². The van der Waals surface area contributed by atoms with Gasteiger partial charge in [0.05, 0.1) is 25.2 Å². The van der Waals surface area contributed by atoms with E-state index in [1.54, 1.807) is 26.2 Å². The topological polar surface area (TPSA) is 64.6 Å². The summed E-state index contributed by atoms with van der Waals surface area (Å²) >= 11 is 0. The van der Waals surface area contributed by atoms with E-state index in [4.69, 9.17) is 9.47 Å². The van der Waals surface area contributed by atoms with Gasteiger partial charge < -0.3 is 9.47 Å². The zero-order valence-corrected chi connectivity index (χ0v) is 15.0. The van der Waals surface area contributed by atoms with Gasteiger partial charge in [0, 0.05) is 6.54 Å². The molecule has 1 N–H and O–H groups in total. The number of hydrogen-bond donors (Lipinski definition) is 1. The summed E-state index contributed by atoms with van der Waals surface area (Å²) in [6.45, 7) is 4.61. The summed E-state index contributed by atoms with van der Waals surface area (Å²) in [6, 6.07) is 13.0. The highest BCUT2D eigenvalue weighted by Crippen LogP contribution is 2.26. The second kappa shape index (κ2) is 8.28. The molecule has 0 atom stereocenters. The number of rotatable bonds is 8. The molecule has 0 saturated carbocycles. The molecule has 130 valence electrons. The van der Waals surface area contributed by atoms with Crippen molar-refractivity contribution >= 4 is 10.0 Å². The first-order chi connectivity index (χ1) is 11.5. The first-order valence-corrected chi connectivity index (χ1v) is 9.19. The normalized spacial score (nSPS) is 11.5. The van der Waals surface area contributed by atoms with Crippen LogP contribution in [0.15, 0.2) is 47.4 Å². The van der Waals surface area contributed by atoms with Gasteiger partial charge in [0.1, 0.15) is 5.75 Å². The summed E-state index contributed by atoms with van der Waals surface area (Å²) in [5.74, 6) is 0.678. The van der Waals surface area contributed by atoms with Crippen molar-refractivity contribution in [2.75, 3.05) is 20.3 Å². The minimum atomic E-state index is -3.57. The summed E-state index contributed by atoms with van der Waals surface area (Å²) in [5, 5.41) is 0. The number of nitrogens with one attached hydrogen (secondary N) is 1. The zero-order chi connectivity index (χ0) is 17.6. The molecule has 2 rings (SSSR count). The highest BCUT2D eigenvalue weighted by Gasteiger charge is 2.18. The molecule has 0 unspecified atom stereocenters. The van der Waals surface area contributed by atoms with Crippen LogP contribution < -0.4 is 9.46 Å². The molecule has 0 fully saturated rings. The van der Waals surface area contributed by atoms with E-state index in [1.165, 1.54) is 0 Å². The number of hydrogen-bond acceptors (Lipinski definition) is 4. The lowest BCUT2D eigenvalue weighted by molar-refractivity contribution is 0.126. The van der Waals surface area contributed by atoms with E-state index >= 15 is 0 Å². The molecule has 0 spiro atoms. The lowest BCUT2D eigenvalue weighted by atomic mass is 10.1. The molecule has 0 aliphatic carbocycles. The van der Waals surface area contributed by atoms with Crippen LogP contribution in [0, 0.1) is 13.8 Å². The van der Waals surface area contributed by atoms with Crippen LogP contribution >= 0.6 is 0 Å². The van der Waals surface area contributed by atoms with Gasteiger partial charge in [0.2, 0.25) is 10.0 Å². The molecular formula is C18H23NO4S. The van der Waals surface area contributed by atoms with Crippen molar-refractivity contribution in [3.8, 4) is 5.75 Å². The van der Waals surface area contributed by atoms with Gasteiger partial charge in [-0.1, -0.05) is 30.3 Å². The maximum Gasteiger partial charge on any atom is 0.240 e. The first-order valence-electron chi connectivity index (χ1n) is 7.71. The van der Waals surface area contributed by atoms with Crippen molar-refractivity contribution in [1.29, 1.82) is 0 Å². The Morgan fingerprint density at radius 3 is 2.38 bits per heavy atom. The van der Waals surface area contributed by atoms with E-state index in [2.05, 4.69) is 4.72 Å². The smallest absolute Gasteiger partial charge is 0.240 e. The number of methoxy groups -OCH3 is 1. The van der Waals surface area contributed by atoms with Crippen LogP contribution in [0.2, 0.25) is 0 Å². The molecule has 0 aliphatic rings. The van der Waals surface area contributed by atoms with Crippen LogP contribution in [0.3, 0.4) is 0 Å². The fraction of sp³-hybridized carbons (Fsp3) is 0.333. The minimum absolute atomic E-state index is 0.222. The lowest BCUT2D eigenvalue weighted by Crippen LogP contribution is -2.28. The first kappa shape index (κ1) is 18.4. The Kier molecular flexibility index (Phi) is 6.36. The standard InChI is InChI=1S/C18H23NO4S/c1-14-15(2)18(10-9-17(14)22-3)24(20,21)19-11-12-23-13-16-7-5-4-6-8-16/h4-10,19H,11-13H2,1-3H3. The fourth-order valence-corrected chi connectivity index (χ4v) is 3.68. The molecule has 5 nitrogen and oxygen atoms in total. The molecule has 0 saturated heterocycles. The van der Waals surface area contributed by atoms with Gasteiger partial charge >= 0.3 is 0 Å². The van der Waals surface area contributed by atoms with Crippen molar-refractivity contribution in [3.05, 3.63) is 59.2 Å². The Morgan fingerprint density at radius 1 is 1.00 bits per heavy atom. The maximum atomic E-state index is 12.4. The molecular weight excluding hydrogens is 326 g/mol. The summed E-state index contributed by atoms with van der Waals surface area (Å²) in [7, 11) is -2.00. The number of benzene rings is 2. The van der Waals surface area contributed by atoms with Crippen molar-refractivity contribution in [1.82, 2.24) is 4.72 Å². The predicted molar refractivity (Wildman–Crippen MR) is 93.8 cm³/mol. The molecule has 6 heteroatoms. The third kappa shape index (κ3) is 4.56. The van der Waals surface area contributed by atoms with Crippen LogP contribution in [0.5, 0.6) is 5.75 Å². The van der Waals surface area contributed by atoms with Crippen LogP contribution in [0.4, 0.5) is 0 Å². The molecule has 0 aromatic heterocycles. The van der Waals surface area contributed by atoms with E-state index in [1.807, 2.05) is 37.3 Å². The Hall–Kier alpha value is -1.89. The number of ether oxygens (including phenoxy) is 2. The van der Waals surface area contributed by atoms with Crippen LogP contribution in [-0.2, 0) is 21.4 Å². The molecule has 0 amide bonds. The summed E-state index contributed by atoms with van der Waals surface area (Å²) in [5.41, 5.74) is 2.56. The number of sulfonamides is 1. The Labute approximate surface area is 143 Å². The van der Waals surface area contributed by atoms with Crippen LogP contribution in [0.25, 0.3) is 0 Å². The Bertz CT molecular complexity index is 773. The molecule has 0 heterocycles. The molecule has 0 bridgehead atoms. The average molecular weight is 349 g/mol. The largest absolute Gasteiger partial charge is 0.496 e. The highest BCUT2D eigenvalue weighted by atomic mass is 32.2. The Balaban J connectivity index is 1.91. The van der Waals surface area contributed by atoms with E-state index in [0.717, 1.165) is 11.1 Å². The van der Waals surface area contributed by atoms with E-state index in [9.17, 15) is 8.42 Å². The third-order valence-electron chi connectivity index (χ3n) is 3.85. The fourth-order valence-electron chi connectivity index (χ4n) is 2.37. The molecule has 24 heavy (non-hydrogen) atoms. The van der Waals surface area contributed by atoms with Crippen LogP contribution in [-0.4, -0.2) is 28.7 Å². The van der Waals surface area contributed by atoms with E-state index < -0.39 is 10.0 Å². The summed E-state index contributed by atoms with van der Waals surface area (Å²) in [4.78, 5) is 0.267. The molecule has 0 radical (unpaired) electrons. The second-order valence-electron chi connectivity index (χ2n) is 5.45. The monoisotopic (exact) mass is 349 g/mol. The third-order valence-corrected chi connectivity index (χ3v) is 5.45. The molecule has 0 aliphatic heterocycles. The van der Waals surface area contributed by atoms with Crippen molar-refractivity contribution in [2.45, 2.75) is 25.3 Å². The quantitative estimate of drug-likeness (QED) is 0.744. The van der Waals surface area contributed by atoms with Crippen LogP contribution in [0.1, 0.15) is 16.7 Å². The van der Waals surface area contributed by atoms with E-state index in [-0.39, 0.29) is 11.4 Å². The molecule has 2 aromatic carbocycles. The van der Waals surface area contributed by atoms with Crippen molar-refractivity contribution in [2.24, 2.45) is 0 Å². The van der Waals surface area contributed by atoms with Crippen molar-refractivity contribution < 1.29 is 17.9 Å². The molecule has 2 aromatic rings. The summed E-state index contributed by atoms with van der Waals surface area (Å²) in [6.07, 6.45) is 0. The Morgan fingerprint density at radius 2 is 1.71 bits per heavy atom. The zero-order valence-electron chi connectivity index (χ0n) is 14.2. The maximum absolute atomic E-state index is 12.4. The lowest BCUT2D eigenvalue weighted by Gasteiger charge is -2.13. The predicted octanol–water partition coefficient (Wildman–Crippen LogP) is 2.81. The van der Waals surface area contributed by atoms with Gasteiger partial charge in [-0.25, -0.2) is 13.1 Å². The van der Waals surface area contributed by atoms with E-state index in [0.29, 0.717) is 24.5 Å².